The fourth-order valence-corrected chi connectivity index (χ4v) is 9.12. The Bertz CT molecular complexity index is 628. The highest BCUT2D eigenvalue weighted by molar-refractivity contribution is 5.81. The summed E-state index contributed by atoms with van der Waals surface area (Å²) in [6, 6.07) is 0. The maximum absolute atomic E-state index is 12.3. The Kier molecular flexibility index (Phi) is 6.48. The van der Waals surface area contributed by atoms with Gasteiger partial charge in [0.05, 0.1) is 6.54 Å². The number of rotatable bonds is 6. The van der Waals surface area contributed by atoms with E-state index in [0.717, 1.165) is 60.8 Å². The van der Waals surface area contributed by atoms with Crippen molar-refractivity contribution >= 4 is 5.78 Å². The number of Topliss-reactive ketones (excluding diaryl/α,β-unsaturated/α-hetero) is 1. The number of ketones is 1. The van der Waals surface area contributed by atoms with Crippen LogP contribution >= 0.6 is 0 Å². The zero-order valence-corrected chi connectivity index (χ0v) is 20.9. The van der Waals surface area contributed by atoms with Crippen LogP contribution in [-0.4, -0.2) is 29.3 Å². The molecular weight excluding hydrogens is 366 g/mol. The Morgan fingerprint density at radius 1 is 1.03 bits per heavy atom. The van der Waals surface area contributed by atoms with Gasteiger partial charge in [-0.3, -0.25) is 9.69 Å². The third-order valence-electron chi connectivity index (χ3n) is 10.9. The van der Waals surface area contributed by atoms with E-state index < -0.39 is 0 Å². The third-order valence-corrected chi connectivity index (χ3v) is 10.9. The van der Waals surface area contributed by atoms with Crippen molar-refractivity contribution in [3.05, 3.63) is 0 Å². The first-order chi connectivity index (χ1) is 14.2. The van der Waals surface area contributed by atoms with Gasteiger partial charge in [-0.2, -0.15) is 0 Å². The van der Waals surface area contributed by atoms with E-state index in [1.807, 2.05) is 0 Å². The minimum absolute atomic E-state index is 0.284. The summed E-state index contributed by atoms with van der Waals surface area (Å²) < 4.78 is 0. The van der Waals surface area contributed by atoms with E-state index >= 15 is 0 Å². The van der Waals surface area contributed by atoms with Crippen molar-refractivity contribution in [3.63, 3.8) is 0 Å². The van der Waals surface area contributed by atoms with Gasteiger partial charge in [-0.15, -0.1) is 0 Å². The second-order valence-electron chi connectivity index (χ2n) is 12.8. The fraction of sp³-hybridized carbons (Fsp3) is 0.964. The van der Waals surface area contributed by atoms with Gasteiger partial charge in [0.1, 0.15) is 5.78 Å². The summed E-state index contributed by atoms with van der Waals surface area (Å²) in [7, 11) is 0. The molecule has 1 unspecified atom stereocenters. The molecule has 2 aliphatic heterocycles. The summed E-state index contributed by atoms with van der Waals surface area (Å²) >= 11 is 0. The molecule has 2 nitrogen and oxygen atoms in total. The van der Waals surface area contributed by atoms with Crippen LogP contribution in [0.2, 0.25) is 0 Å². The Balaban J connectivity index is 1.54. The summed E-state index contributed by atoms with van der Waals surface area (Å²) in [6.45, 7) is 16.9. The van der Waals surface area contributed by atoms with Crippen molar-refractivity contribution in [2.24, 2.45) is 46.8 Å². The average molecular weight is 416 g/mol. The van der Waals surface area contributed by atoms with Crippen LogP contribution < -0.4 is 0 Å². The molecule has 4 fully saturated rings. The van der Waals surface area contributed by atoms with Crippen molar-refractivity contribution in [3.8, 4) is 0 Å². The molecule has 0 N–H and O–H groups in total. The lowest BCUT2D eigenvalue weighted by atomic mass is 9.48. The molecule has 30 heavy (non-hydrogen) atoms. The van der Waals surface area contributed by atoms with Gasteiger partial charge in [0.25, 0.3) is 0 Å². The summed E-state index contributed by atoms with van der Waals surface area (Å²) in [5.74, 6) is 6.60. The Labute approximate surface area is 186 Å². The van der Waals surface area contributed by atoms with Crippen molar-refractivity contribution in [1.29, 1.82) is 0 Å². The zero-order valence-electron chi connectivity index (χ0n) is 20.9. The standard InChI is InChI=1S/C28H49NO/c1-7-21-17-29-18-22(30)13-16-28(29,6)25-14-15-27(5)23(11-12-24(27)26(21)25)20(4)10-8-9-19(2)3/h19-21,23-26H,7-18H2,1-6H3/t20-,21?,23-,24+,25+,26+,27-,28-/m1/s1. The molecule has 0 aromatic rings. The van der Waals surface area contributed by atoms with Crippen LogP contribution in [0.3, 0.4) is 0 Å². The smallest absolute Gasteiger partial charge is 0.146 e. The van der Waals surface area contributed by atoms with Crippen LogP contribution in [0.1, 0.15) is 106 Å². The van der Waals surface area contributed by atoms with Crippen LogP contribution in [0.25, 0.3) is 0 Å². The molecule has 0 amide bonds. The molecule has 0 spiro atoms. The van der Waals surface area contributed by atoms with Crippen molar-refractivity contribution in [2.75, 3.05) is 13.1 Å². The molecule has 2 heteroatoms. The van der Waals surface area contributed by atoms with Gasteiger partial charge in [-0.05, 0) is 85.9 Å². The number of hydrogen-bond donors (Lipinski definition) is 0. The van der Waals surface area contributed by atoms with Crippen molar-refractivity contribution < 1.29 is 4.79 Å². The summed E-state index contributed by atoms with van der Waals surface area (Å²) in [6.07, 6.45) is 13.3. The van der Waals surface area contributed by atoms with Crippen LogP contribution in [-0.2, 0) is 4.79 Å². The summed E-state index contributed by atoms with van der Waals surface area (Å²) in [4.78, 5) is 14.9. The van der Waals surface area contributed by atoms with Crippen molar-refractivity contribution in [2.45, 2.75) is 111 Å². The second-order valence-corrected chi connectivity index (χ2v) is 12.8. The molecule has 4 aliphatic rings. The van der Waals surface area contributed by atoms with Crippen molar-refractivity contribution in [1.82, 2.24) is 4.90 Å². The Hall–Kier alpha value is -0.370. The fourth-order valence-electron chi connectivity index (χ4n) is 9.12. The van der Waals surface area contributed by atoms with Gasteiger partial charge in [0.2, 0.25) is 0 Å². The van der Waals surface area contributed by atoms with E-state index in [2.05, 4.69) is 46.4 Å². The Morgan fingerprint density at radius 3 is 2.50 bits per heavy atom. The maximum atomic E-state index is 12.3. The molecule has 2 saturated carbocycles. The van der Waals surface area contributed by atoms with Crippen LogP contribution in [0.15, 0.2) is 0 Å². The summed E-state index contributed by atoms with van der Waals surface area (Å²) in [5.41, 5.74) is 0.849. The molecule has 4 rings (SSSR count). The maximum Gasteiger partial charge on any atom is 0.146 e. The molecular formula is C28H49NO. The predicted molar refractivity (Wildman–Crippen MR) is 126 cm³/mol. The molecule has 172 valence electrons. The molecule has 2 heterocycles. The number of nitrogens with zero attached hydrogens (tertiary/aromatic N) is 1. The molecule has 2 aliphatic carbocycles. The van der Waals surface area contributed by atoms with E-state index in [-0.39, 0.29) is 5.54 Å². The lowest BCUT2D eigenvalue weighted by Crippen LogP contribution is -2.67. The first-order valence-electron chi connectivity index (χ1n) is 13.5. The zero-order chi connectivity index (χ0) is 21.7. The lowest BCUT2D eigenvalue weighted by molar-refractivity contribution is -0.157. The monoisotopic (exact) mass is 415 g/mol. The van der Waals surface area contributed by atoms with E-state index in [4.69, 9.17) is 0 Å². The van der Waals surface area contributed by atoms with Crippen LogP contribution in [0, 0.1) is 46.8 Å². The highest BCUT2D eigenvalue weighted by atomic mass is 16.1. The number of carbonyl (C=O) groups excluding carboxylic acids is 1. The van der Waals surface area contributed by atoms with E-state index in [1.54, 1.807) is 0 Å². The normalized spacial score (nSPS) is 45.2. The molecule has 0 aromatic carbocycles. The van der Waals surface area contributed by atoms with Gasteiger partial charge in [-0.25, -0.2) is 0 Å². The van der Waals surface area contributed by atoms with E-state index in [9.17, 15) is 4.79 Å². The average Bonchev–Trinajstić information content (AvgIpc) is 3.05. The Morgan fingerprint density at radius 2 is 1.80 bits per heavy atom. The topological polar surface area (TPSA) is 20.3 Å². The lowest BCUT2D eigenvalue weighted by Gasteiger charge is -2.64. The van der Waals surface area contributed by atoms with Crippen LogP contribution in [0.5, 0.6) is 0 Å². The van der Waals surface area contributed by atoms with E-state index in [1.165, 1.54) is 57.9 Å². The predicted octanol–water partition coefficient (Wildman–Crippen LogP) is 6.97. The van der Waals surface area contributed by atoms with Gasteiger partial charge >= 0.3 is 0 Å². The van der Waals surface area contributed by atoms with Gasteiger partial charge in [0, 0.05) is 18.5 Å². The van der Waals surface area contributed by atoms with Gasteiger partial charge in [0.15, 0.2) is 0 Å². The first kappa shape index (κ1) is 22.8. The number of hydrogen-bond acceptors (Lipinski definition) is 2. The van der Waals surface area contributed by atoms with Crippen LogP contribution in [0.4, 0.5) is 0 Å². The SMILES string of the molecule is CCC1CN2CC(=O)CC[C@]2(C)[C@H]2CC[C@]3(C)[C@@H]([C@H](C)CCCC(C)C)CC[C@H]3[C@H]12. The largest absolute Gasteiger partial charge is 0.298 e. The molecule has 0 bridgehead atoms. The number of carbonyl (C=O) groups is 1. The highest BCUT2D eigenvalue weighted by Crippen LogP contribution is 2.66. The number of fused-ring (bicyclic) bond motifs is 5. The molecule has 0 aromatic heterocycles. The third kappa shape index (κ3) is 3.71. The quantitative estimate of drug-likeness (QED) is 0.467. The highest BCUT2D eigenvalue weighted by Gasteiger charge is 2.62. The first-order valence-corrected chi connectivity index (χ1v) is 13.5. The van der Waals surface area contributed by atoms with Gasteiger partial charge in [-0.1, -0.05) is 60.3 Å². The molecule has 8 atom stereocenters. The number of piperidine rings is 2. The minimum Gasteiger partial charge on any atom is -0.298 e. The minimum atomic E-state index is 0.284. The second kappa shape index (κ2) is 8.53. The van der Waals surface area contributed by atoms with E-state index in [0.29, 0.717) is 11.2 Å². The molecule has 2 saturated heterocycles. The molecule has 0 radical (unpaired) electrons. The van der Waals surface area contributed by atoms with Gasteiger partial charge < -0.3 is 0 Å². The summed E-state index contributed by atoms with van der Waals surface area (Å²) in [5, 5.41) is 0.